The maximum atomic E-state index is 5.13. The zero-order valence-corrected chi connectivity index (χ0v) is 13.6. The second-order valence-electron chi connectivity index (χ2n) is 5.94. The summed E-state index contributed by atoms with van der Waals surface area (Å²) in [5.74, 6) is 0. The van der Waals surface area contributed by atoms with Crippen molar-refractivity contribution >= 4 is 11.4 Å². The molecule has 1 aliphatic rings. The molecule has 5 heteroatoms. The Morgan fingerprint density at radius 1 is 1.18 bits per heavy atom. The molecule has 0 fully saturated rings. The number of nitrogens with one attached hydrogen (secondary N) is 1. The van der Waals surface area contributed by atoms with Crippen LogP contribution in [0, 0.1) is 6.92 Å². The third kappa shape index (κ3) is 1.96. The van der Waals surface area contributed by atoms with Crippen molar-refractivity contribution in [1.29, 1.82) is 0 Å². The summed E-state index contributed by atoms with van der Waals surface area (Å²) in [7, 11) is 3.48. The maximum absolute atomic E-state index is 5.13. The molecule has 3 rings (SSSR count). The van der Waals surface area contributed by atoms with Crippen molar-refractivity contribution in [3.05, 3.63) is 41.3 Å². The van der Waals surface area contributed by atoms with Crippen LogP contribution in [0.4, 0.5) is 5.69 Å². The van der Waals surface area contributed by atoms with Crippen LogP contribution in [0.3, 0.4) is 0 Å². The zero-order valence-electron chi connectivity index (χ0n) is 13.6. The van der Waals surface area contributed by atoms with Crippen molar-refractivity contribution in [2.45, 2.75) is 26.2 Å². The van der Waals surface area contributed by atoms with Gasteiger partial charge in [-0.05, 0) is 32.9 Å². The Morgan fingerprint density at radius 2 is 1.95 bits per heavy atom. The van der Waals surface area contributed by atoms with Gasteiger partial charge in [0.05, 0.1) is 11.4 Å². The average molecular weight is 296 g/mol. The molecule has 0 saturated carbocycles. The summed E-state index contributed by atoms with van der Waals surface area (Å²) in [6.07, 6.45) is 1.62. The number of anilines is 1. The third-order valence-corrected chi connectivity index (χ3v) is 4.25. The molecule has 0 bridgehead atoms. The van der Waals surface area contributed by atoms with Crippen LogP contribution in [0.2, 0.25) is 0 Å². The van der Waals surface area contributed by atoms with Gasteiger partial charge in [-0.1, -0.05) is 11.2 Å². The first-order valence-electron chi connectivity index (χ1n) is 7.27. The molecule has 114 valence electrons. The molecule has 0 amide bonds. The lowest BCUT2D eigenvalue weighted by Crippen LogP contribution is -2.36. The van der Waals surface area contributed by atoms with Crippen molar-refractivity contribution in [1.82, 2.24) is 9.97 Å². The number of nitrogens with zero attached hydrogens (tertiary/aromatic N) is 3. The van der Waals surface area contributed by atoms with E-state index in [1.54, 1.807) is 13.4 Å². The van der Waals surface area contributed by atoms with Crippen molar-refractivity contribution in [2.24, 2.45) is 5.16 Å². The highest BCUT2D eigenvalue weighted by atomic mass is 16.6. The standard InChI is InChI=1S/C17H20N4O/c1-10-14-15(20-9-19-10)12-7-6-11(18-4)8-13(12)16(21-22-5)17(14,2)3/h6-9,18H,1-5H3/b21-16+. The van der Waals surface area contributed by atoms with E-state index < -0.39 is 0 Å². The maximum Gasteiger partial charge on any atom is 0.116 e. The summed E-state index contributed by atoms with van der Waals surface area (Å²) in [6.45, 7) is 6.28. The molecule has 0 radical (unpaired) electrons. The Morgan fingerprint density at radius 3 is 2.64 bits per heavy atom. The van der Waals surface area contributed by atoms with Crippen LogP contribution in [-0.4, -0.2) is 29.8 Å². The lowest BCUT2D eigenvalue weighted by Gasteiger charge is -2.35. The lowest BCUT2D eigenvalue weighted by atomic mass is 9.69. The van der Waals surface area contributed by atoms with E-state index in [9.17, 15) is 0 Å². The fraction of sp³-hybridized carbons (Fsp3) is 0.353. The van der Waals surface area contributed by atoms with Crippen molar-refractivity contribution in [3.8, 4) is 11.3 Å². The first kappa shape index (κ1) is 14.5. The lowest BCUT2D eigenvalue weighted by molar-refractivity contribution is 0.211. The van der Waals surface area contributed by atoms with Gasteiger partial charge in [0.15, 0.2) is 0 Å². The summed E-state index contributed by atoms with van der Waals surface area (Å²) in [5.41, 5.74) is 6.78. The molecule has 0 spiro atoms. The molecule has 0 saturated heterocycles. The van der Waals surface area contributed by atoms with E-state index in [1.165, 1.54) is 0 Å². The Hall–Kier alpha value is -2.43. The van der Waals surface area contributed by atoms with Gasteiger partial charge in [0, 0.05) is 40.5 Å². The van der Waals surface area contributed by atoms with E-state index in [4.69, 9.17) is 4.84 Å². The highest BCUT2D eigenvalue weighted by Crippen LogP contribution is 2.44. The monoisotopic (exact) mass is 296 g/mol. The van der Waals surface area contributed by atoms with Gasteiger partial charge in [-0.3, -0.25) is 0 Å². The SMILES string of the molecule is CNc1ccc2c(c1)/C(=N\OC)C(C)(C)c1c(C)ncnc1-2. The van der Waals surface area contributed by atoms with E-state index >= 15 is 0 Å². The predicted octanol–water partition coefficient (Wildman–Crippen LogP) is 3.14. The van der Waals surface area contributed by atoms with Crippen LogP contribution in [0.15, 0.2) is 29.7 Å². The molecule has 1 aromatic heterocycles. The van der Waals surface area contributed by atoms with Crippen LogP contribution >= 0.6 is 0 Å². The van der Waals surface area contributed by atoms with Crippen LogP contribution in [0.1, 0.15) is 30.7 Å². The second-order valence-corrected chi connectivity index (χ2v) is 5.94. The van der Waals surface area contributed by atoms with Gasteiger partial charge in [-0.2, -0.15) is 0 Å². The molecule has 1 aromatic carbocycles. The quantitative estimate of drug-likeness (QED) is 0.865. The number of hydrogen-bond acceptors (Lipinski definition) is 5. The third-order valence-electron chi connectivity index (χ3n) is 4.25. The highest BCUT2D eigenvalue weighted by molar-refractivity contribution is 6.15. The minimum atomic E-state index is -0.323. The number of hydrogen-bond donors (Lipinski definition) is 1. The normalized spacial score (nSPS) is 16.9. The summed E-state index contributed by atoms with van der Waals surface area (Å²) in [6, 6.07) is 6.21. The predicted molar refractivity (Wildman–Crippen MR) is 88.3 cm³/mol. The highest BCUT2D eigenvalue weighted by Gasteiger charge is 2.40. The van der Waals surface area contributed by atoms with Gasteiger partial charge in [-0.25, -0.2) is 9.97 Å². The number of aromatic nitrogens is 2. The van der Waals surface area contributed by atoms with Gasteiger partial charge in [0.25, 0.3) is 0 Å². The van der Waals surface area contributed by atoms with Crippen LogP contribution in [0.25, 0.3) is 11.3 Å². The summed E-state index contributed by atoms with van der Waals surface area (Å²) in [4.78, 5) is 14.0. The van der Waals surface area contributed by atoms with E-state index in [-0.39, 0.29) is 5.41 Å². The smallest absolute Gasteiger partial charge is 0.116 e. The van der Waals surface area contributed by atoms with Crippen molar-refractivity contribution in [2.75, 3.05) is 19.5 Å². The van der Waals surface area contributed by atoms with Crippen molar-refractivity contribution < 1.29 is 4.84 Å². The average Bonchev–Trinajstić information content (AvgIpc) is 2.50. The van der Waals surface area contributed by atoms with Crippen molar-refractivity contribution in [3.63, 3.8) is 0 Å². The summed E-state index contributed by atoms with van der Waals surface area (Å²) >= 11 is 0. The molecule has 2 aromatic rings. The van der Waals surface area contributed by atoms with Crippen LogP contribution in [0.5, 0.6) is 0 Å². The Kier molecular flexibility index (Phi) is 3.35. The Bertz CT molecular complexity index is 765. The Labute approximate surface area is 130 Å². The van der Waals surface area contributed by atoms with Gasteiger partial charge in [0.2, 0.25) is 0 Å². The topological polar surface area (TPSA) is 59.4 Å². The van der Waals surface area contributed by atoms with E-state index in [0.29, 0.717) is 0 Å². The zero-order chi connectivity index (χ0) is 15.9. The van der Waals surface area contributed by atoms with Gasteiger partial charge >= 0.3 is 0 Å². The molecular weight excluding hydrogens is 276 g/mol. The second kappa shape index (κ2) is 5.09. The fourth-order valence-corrected chi connectivity index (χ4v) is 3.24. The van der Waals surface area contributed by atoms with E-state index in [1.807, 2.05) is 20.0 Å². The number of benzene rings is 1. The minimum Gasteiger partial charge on any atom is -0.399 e. The van der Waals surface area contributed by atoms with Gasteiger partial charge < -0.3 is 10.2 Å². The van der Waals surface area contributed by atoms with E-state index in [2.05, 4.69) is 46.4 Å². The van der Waals surface area contributed by atoms with E-state index in [0.717, 1.165) is 39.5 Å². The largest absolute Gasteiger partial charge is 0.399 e. The number of oxime groups is 1. The molecule has 0 atom stereocenters. The molecule has 1 aliphatic carbocycles. The number of rotatable bonds is 2. The molecule has 1 N–H and O–H groups in total. The Balaban J connectivity index is 2.40. The summed E-state index contributed by atoms with van der Waals surface area (Å²) in [5, 5.41) is 7.50. The molecule has 5 nitrogen and oxygen atoms in total. The molecule has 0 aliphatic heterocycles. The molecule has 1 heterocycles. The summed E-state index contributed by atoms with van der Waals surface area (Å²) < 4.78 is 0. The van der Waals surface area contributed by atoms with Gasteiger partial charge in [-0.15, -0.1) is 0 Å². The first-order chi connectivity index (χ1) is 10.5. The van der Waals surface area contributed by atoms with Gasteiger partial charge in [0.1, 0.15) is 13.4 Å². The van der Waals surface area contributed by atoms with Crippen LogP contribution in [-0.2, 0) is 10.3 Å². The number of aryl methyl sites for hydroxylation is 1. The molecular formula is C17H20N4O. The minimum absolute atomic E-state index is 0.323. The number of fused-ring (bicyclic) bond motifs is 3. The molecule has 0 unspecified atom stereocenters. The van der Waals surface area contributed by atoms with Crippen LogP contribution < -0.4 is 5.32 Å². The molecule has 22 heavy (non-hydrogen) atoms. The fourth-order valence-electron chi connectivity index (χ4n) is 3.24. The first-order valence-corrected chi connectivity index (χ1v) is 7.27.